The molecule has 2 amide bonds. The van der Waals surface area contributed by atoms with E-state index in [-0.39, 0.29) is 17.9 Å². The van der Waals surface area contributed by atoms with Gasteiger partial charge in [-0.05, 0) is 62.6 Å². The van der Waals surface area contributed by atoms with Gasteiger partial charge in [0.1, 0.15) is 5.69 Å². The number of carbonyl (C=O) groups excluding carboxylic acids is 2. The summed E-state index contributed by atoms with van der Waals surface area (Å²) in [5, 5.41) is 13.2. The first kappa shape index (κ1) is 26.2. The van der Waals surface area contributed by atoms with E-state index in [4.69, 9.17) is 4.98 Å². The van der Waals surface area contributed by atoms with E-state index in [0.717, 1.165) is 38.9 Å². The molecule has 3 aromatic heterocycles. The standard InChI is InChI=1S/C30H30N6O2S/c1-18-12-21(30(3,4)35-29(38)27-16-39-17-31-27)10-11-22(18)28(37)33-19(2)24-13-26(20-14-32-36(5)15-20)34-25-9-7-6-8-23(24)25/h6-17,19H,1-5H3,(H,33,37)(H,35,38)/t19-/m1/s1. The molecule has 1 atom stereocenters. The number of aryl methyl sites for hydroxylation is 2. The fourth-order valence-corrected chi connectivity index (χ4v) is 5.20. The second-order valence-electron chi connectivity index (χ2n) is 10.2. The maximum Gasteiger partial charge on any atom is 0.271 e. The number of hydrogen-bond donors (Lipinski definition) is 2. The van der Waals surface area contributed by atoms with E-state index in [2.05, 4.69) is 20.7 Å². The number of carbonyl (C=O) groups is 2. The molecule has 0 aliphatic rings. The van der Waals surface area contributed by atoms with Crippen LogP contribution in [0.25, 0.3) is 22.2 Å². The maximum absolute atomic E-state index is 13.4. The average molecular weight is 539 g/mol. The van der Waals surface area contributed by atoms with E-state index in [9.17, 15) is 9.59 Å². The van der Waals surface area contributed by atoms with Crippen molar-refractivity contribution >= 4 is 34.1 Å². The maximum atomic E-state index is 13.4. The van der Waals surface area contributed by atoms with Gasteiger partial charge in [0.15, 0.2) is 0 Å². The molecule has 0 saturated heterocycles. The Labute approximate surface area is 231 Å². The number of rotatable bonds is 7. The molecule has 39 heavy (non-hydrogen) atoms. The zero-order valence-electron chi connectivity index (χ0n) is 22.5. The Bertz CT molecular complexity index is 1670. The monoisotopic (exact) mass is 538 g/mol. The highest BCUT2D eigenvalue weighted by atomic mass is 32.1. The van der Waals surface area contributed by atoms with Crippen LogP contribution in [0.1, 0.15) is 64.3 Å². The second-order valence-corrected chi connectivity index (χ2v) is 10.9. The zero-order chi connectivity index (χ0) is 27.7. The summed E-state index contributed by atoms with van der Waals surface area (Å²) in [6, 6.07) is 15.3. The van der Waals surface area contributed by atoms with Gasteiger partial charge in [-0.25, -0.2) is 9.97 Å². The summed E-state index contributed by atoms with van der Waals surface area (Å²) in [6.07, 6.45) is 3.71. The molecule has 0 fully saturated rings. The van der Waals surface area contributed by atoms with E-state index >= 15 is 0 Å². The fraction of sp³-hybridized carbons (Fsp3) is 0.233. The first-order chi connectivity index (χ1) is 18.6. The first-order valence-electron chi connectivity index (χ1n) is 12.6. The third kappa shape index (κ3) is 5.44. The molecule has 198 valence electrons. The van der Waals surface area contributed by atoms with Crippen LogP contribution >= 0.6 is 11.3 Å². The van der Waals surface area contributed by atoms with Crippen molar-refractivity contribution in [1.29, 1.82) is 0 Å². The van der Waals surface area contributed by atoms with Crippen LogP contribution in [0.4, 0.5) is 0 Å². The normalized spacial score (nSPS) is 12.3. The summed E-state index contributed by atoms with van der Waals surface area (Å²) in [5.74, 6) is -0.399. The van der Waals surface area contributed by atoms with Crippen molar-refractivity contribution in [3.63, 3.8) is 0 Å². The quantitative estimate of drug-likeness (QED) is 0.283. The largest absolute Gasteiger partial charge is 0.345 e. The Morgan fingerprint density at radius 1 is 1.08 bits per heavy atom. The van der Waals surface area contributed by atoms with E-state index in [1.54, 1.807) is 21.8 Å². The molecular formula is C30H30N6O2S. The number of aromatic nitrogens is 4. The number of amides is 2. The van der Waals surface area contributed by atoms with Crippen molar-refractivity contribution in [2.24, 2.45) is 7.05 Å². The lowest BCUT2D eigenvalue weighted by atomic mass is 9.90. The summed E-state index contributed by atoms with van der Waals surface area (Å²) in [6.45, 7) is 7.75. The number of fused-ring (bicyclic) bond motifs is 1. The first-order valence-corrected chi connectivity index (χ1v) is 13.6. The van der Waals surface area contributed by atoms with Crippen molar-refractivity contribution in [2.45, 2.75) is 39.3 Å². The lowest BCUT2D eigenvalue weighted by Crippen LogP contribution is -2.41. The molecule has 0 radical (unpaired) electrons. The third-order valence-corrected chi connectivity index (χ3v) is 7.43. The minimum atomic E-state index is -0.646. The van der Waals surface area contributed by atoms with Crippen LogP contribution in [0.2, 0.25) is 0 Å². The van der Waals surface area contributed by atoms with Gasteiger partial charge in [0.2, 0.25) is 0 Å². The molecule has 2 N–H and O–H groups in total. The average Bonchev–Trinajstić information content (AvgIpc) is 3.60. The molecule has 3 heterocycles. The van der Waals surface area contributed by atoms with Crippen molar-refractivity contribution in [3.8, 4) is 11.3 Å². The predicted molar refractivity (Wildman–Crippen MR) is 154 cm³/mol. The number of nitrogens with zero attached hydrogens (tertiary/aromatic N) is 4. The lowest BCUT2D eigenvalue weighted by Gasteiger charge is -2.27. The summed E-state index contributed by atoms with van der Waals surface area (Å²) in [5.41, 5.74) is 7.24. The topological polar surface area (TPSA) is 102 Å². The zero-order valence-corrected chi connectivity index (χ0v) is 23.3. The highest BCUT2D eigenvalue weighted by Gasteiger charge is 2.26. The Morgan fingerprint density at radius 2 is 1.87 bits per heavy atom. The summed E-state index contributed by atoms with van der Waals surface area (Å²) < 4.78 is 1.75. The minimum absolute atomic E-state index is 0.167. The predicted octanol–water partition coefficient (Wildman–Crippen LogP) is 5.56. The van der Waals surface area contributed by atoms with Crippen molar-refractivity contribution < 1.29 is 9.59 Å². The Kier molecular flexibility index (Phi) is 7.01. The SMILES string of the molecule is Cc1cc(C(C)(C)NC(=O)c2cscn2)ccc1C(=O)N[C@H](C)c1cc(-c2cnn(C)c2)nc2ccccc12. The van der Waals surface area contributed by atoms with Gasteiger partial charge >= 0.3 is 0 Å². The number of para-hydroxylation sites is 1. The van der Waals surface area contributed by atoms with Crippen LogP contribution in [0.5, 0.6) is 0 Å². The van der Waals surface area contributed by atoms with Crippen LogP contribution in [0, 0.1) is 6.92 Å². The molecule has 0 aliphatic heterocycles. The Balaban J connectivity index is 1.38. The number of benzene rings is 2. The summed E-state index contributed by atoms with van der Waals surface area (Å²) >= 11 is 1.38. The van der Waals surface area contributed by atoms with E-state index in [1.165, 1.54) is 11.3 Å². The van der Waals surface area contributed by atoms with E-state index < -0.39 is 5.54 Å². The number of pyridine rings is 1. The molecule has 0 spiro atoms. The molecule has 5 aromatic rings. The van der Waals surface area contributed by atoms with Gasteiger partial charge in [0, 0.05) is 35.1 Å². The van der Waals surface area contributed by atoms with Crippen molar-refractivity contribution in [1.82, 2.24) is 30.4 Å². The number of hydrogen-bond acceptors (Lipinski definition) is 6. The van der Waals surface area contributed by atoms with Gasteiger partial charge in [0.25, 0.3) is 11.8 Å². The molecule has 5 rings (SSSR count). The third-order valence-electron chi connectivity index (χ3n) is 6.85. The highest BCUT2D eigenvalue weighted by Crippen LogP contribution is 2.29. The minimum Gasteiger partial charge on any atom is -0.345 e. The van der Waals surface area contributed by atoms with Gasteiger partial charge in [0.05, 0.1) is 34.5 Å². The molecule has 9 heteroatoms. The van der Waals surface area contributed by atoms with Crippen molar-refractivity contribution in [3.05, 3.63) is 99.8 Å². The van der Waals surface area contributed by atoms with E-state index in [1.807, 2.05) is 89.5 Å². The Hall–Kier alpha value is -4.37. The van der Waals surface area contributed by atoms with Crippen LogP contribution < -0.4 is 10.6 Å². The summed E-state index contributed by atoms with van der Waals surface area (Å²) in [4.78, 5) is 34.9. The number of thiazole rings is 1. The molecule has 8 nitrogen and oxygen atoms in total. The molecule has 0 bridgehead atoms. The van der Waals surface area contributed by atoms with E-state index in [0.29, 0.717) is 11.3 Å². The number of nitrogens with one attached hydrogen (secondary N) is 2. The lowest BCUT2D eigenvalue weighted by molar-refractivity contribution is 0.0904. The Morgan fingerprint density at radius 3 is 2.56 bits per heavy atom. The van der Waals surface area contributed by atoms with Crippen LogP contribution in [-0.2, 0) is 12.6 Å². The van der Waals surface area contributed by atoms with Gasteiger partial charge < -0.3 is 10.6 Å². The second kappa shape index (κ2) is 10.4. The smallest absolute Gasteiger partial charge is 0.271 e. The summed E-state index contributed by atoms with van der Waals surface area (Å²) in [7, 11) is 1.87. The molecule has 0 saturated carbocycles. The van der Waals surface area contributed by atoms with Crippen molar-refractivity contribution in [2.75, 3.05) is 0 Å². The van der Waals surface area contributed by atoms with Crippen LogP contribution in [0.15, 0.2) is 71.8 Å². The molecule has 2 aromatic carbocycles. The van der Waals surface area contributed by atoms with Gasteiger partial charge in [-0.3, -0.25) is 14.3 Å². The van der Waals surface area contributed by atoms with Gasteiger partial charge in [-0.15, -0.1) is 11.3 Å². The van der Waals surface area contributed by atoms with Crippen LogP contribution in [0.3, 0.4) is 0 Å². The molecular weight excluding hydrogens is 508 g/mol. The highest BCUT2D eigenvalue weighted by molar-refractivity contribution is 7.07. The molecule has 0 aliphatic carbocycles. The van der Waals surface area contributed by atoms with Gasteiger partial charge in [-0.2, -0.15) is 5.10 Å². The van der Waals surface area contributed by atoms with Gasteiger partial charge in [-0.1, -0.05) is 30.3 Å². The fourth-order valence-electron chi connectivity index (χ4n) is 4.67. The molecule has 0 unspecified atom stereocenters. The van der Waals surface area contributed by atoms with Crippen LogP contribution in [-0.4, -0.2) is 31.6 Å².